The normalized spacial score (nSPS) is 10.3. The highest BCUT2D eigenvalue weighted by Crippen LogP contribution is 2.30. The maximum Gasteiger partial charge on any atom is 0.200 e. The van der Waals surface area contributed by atoms with Crippen molar-refractivity contribution in [3.05, 3.63) is 47.5 Å². The van der Waals surface area contributed by atoms with Gasteiger partial charge in [-0.1, -0.05) is 6.92 Å². The molecule has 0 radical (unpaired) electrons. The van der Waals surface area contributed by atoms with Crippen LogP contribution in [-0.4, -0.2) is 29.7 Å². The van der Waals surface area contributed by atoms with E-state index in [0.717, 1.165) is 6.42 Å². The van der Waals surface area contributed by atoms with Crippen molar-refractivity contribution >= 4 is 5.78 Å². The molecule has 0 atom stereocenters. The van der Waals surface area contributed by atoms with Gasteiger partial charge in [0.25, 0.3) is 0 Å². The Labute approximate surface area is 128 Å². The fourth-order valence-electron chi connectivity index (χ4n) is 1.99. The van der Waals surface area contributed by atoms with Crippen LogP contribution in [0.15, 0.2) is 36.4 Å². The molecule has 0 aliphatic heterocycles. The van der Waals surface area contributed by atoms with E-state index in [1.807, 2.05) is 6.92 Å². The molecule has 5 heteroatoms. The lowest BCUT2D eigenvalue weighted by Gasteiger charge is -2.09. The van der Waals surface area contributed by atoms with Gasteiger partial charge in [0.05, 0.1) is 24.8 Å². The van der Waals surface area contributed by atoms with E-state index in [1.54, 1.807) is 12.1 Å². The second-order valence-corrected chi connectivity index (χ2v) is 4.74. The van der Waals surface area contributed by atoms with E-state index in [0.29, 0.717) is 18.1 Å². The van der Waals surface area contributed by atoms with Gasteiger partial charge >= 0.3 is 0 Å². The summed E-state index contributed by atoms with van der Waals surface area (Å²) in [5.74, 6) is 0.0833. The number of phenolic OH excluding ortho intramolecular Hbond substituents is 2. The first kappa shape index (κ1) is 15.7. The van der Waals surface area contributed by atoms with Gasteiger partial charge in [-0.25, -0.2) is 0 Å². The summed E-state index contributed by atoms with van der Waals surface area (Å²) in [7, 11) is 1.47. The van der Waals surface area contributed by atoms with Crippen LogP contribution in [0.3, 0.4) is 0 Å². The van der Waals surface area contributed by atoms with Crippen molar-refractivity contribution in [2.45, 2.75) is 13.3 Å². The summed E-state index contributed by atoms with van der Waals surface area (Å²) in [5, 5.41) is 19.9. The van der Waals surface area contributed by atoms with Crippen LogP contribution in [0.25, 0.3) is 0 Å². The van der Waals surface area contributed by atoms with Crippen molar-refractivity contribution in [3.63, 3.8) is 0 Å². The van der Waals surface area contributed by atoms with E-state index in [1.165, 1.54) is 31.4 Å². The largest absolute Gasteiger partial charge is 0.507 e. The fraction of sp³-hybridized carbons (Fsp3) is 0.235. The van der Waals surface area contributed by atoms with Crippen LogP contribution in [0.5, 0.6) is 23.0 Å². The number of methoxy groups -OCH3 is 1. The molecule has 2 rings (SSSR count). The van der Waals surface area contributed by atoms with Gasteiger partial charge in [0.1, 0.15) is 23.0 Å². The smallest absolute Gasteiger partial charge is 0.200 e. The lowest BCUT2D eigenvalue weighted by atomic mass is 10.0. The number of phenols is 2. The quantitative estimate of drug-likeness (QED) is 0.802. The average molecular weight is 302 g/mol. The summed E-state index contributed by atoms with van der Waals surface area (Å²) in [4.78, 5) is 12.4. The van der Waals surface area contributed by atoms with Crippen LogP contribution in [0.2, 0.25) is 0 Å². The molecule has 0 aliphatic carbocycles. The fourth-order valence-corrected chi connectivity index (χ4v) is 1.99. The zero-order valence-corrected chi connectivity index (χ0v) is 12.5. The molecule has 5 nitrogen and oxygen atoms in total. The Balaban J connectivity index is 2.29. The molecule has 0 aromatic heterocycles. The van der Waals surface area contributed by atoms with E-state index in [-0.39, 0.29) is 22.6 Å². The predicted molar refractivity (Wildman–Crippen MR) is 82.0 cm³/mol. The molecule has 2 aromatic rings. The minimum atomic E-state index is -0.473. The number of aromatic hydroxyl groups is 2. The third-order valence-electron chi connectivity index (χ3n) is 3.14. The van der Waals surface area contributed by atoms with Crippen LogP contribution >= 0.6 is 0 Å². The predicted octanol–water partition coefficient (Wildman–Crippen LogP) is 3.13. The zero-order chi connectivity index (χ0) is 16.1. The Bertz CT molecular complexity index is 679. The van der Waals surface area contributed by atoms with E-state index >= 15 is 0 Å². The highest BCUT2D eigenvalue weighted by atomic mass is 16.5. The zero-order valence-electron chi connectivity index (χ0n) is 12.5. The van der Waals surface area contributed by atoms with Gasteiger partial charge < -0.3 is 19.7 Å². The number of ketones is 1. The molecule has 0 fully saturated rings. The lowest BCUT2D eigenvalue weighted by Crippen LogP contribution is -2.03. The number of ether oxygens (including phenoxy) is 2. The number of rotatable bonds is 6. The number of benzene rings is 2. The molecule has 0 bridgehead atoms. The third-order valence-corrected chi connectivity index (χ3v) is 3.14. The van der Waals surface area contributed by atoms with Gasteiger partial charge in [-0.05, 0) is 30.7 Å². The molecular formula is C17H18O5. The van der Waals surface area contributed by atoms with Crippen LogP contribution in [0.4, 0.5) is 0 Å². The first-order valence-electron chi connectivity index (χ1n) is 6.94. The Hall–Kier alpha value is -2.69. The molecule has 0 saturated heterocycles. The van der Waals surface area contributed by atoms with E-state index in [2.05, 4.69) is 0 Å². The van der Waals surface area contributed by atoms with E-state index in [4.69, 9.17) is 9.47 Å². The topological polar surface area (TPSA) is 76.0 Å². The third kappa shape index (κ3) is 3.31. The molecule has 0 unspecified atom stereocenters. The van der Waals surface area contributed by atoms with Crippen molar-refractivity contribution in [1.82, 2.24) is 0 Å². The first-order valence-corrected chi connectivity index (χ1v) is 6.94. The maximum atomic E-state index is 12.4. The monoisotopic (exact) mass is 302 g/mol. The number of carbonyl (C=O) groups is 1. The van der Waals surface area contributed by atoms with Gasteiger partial charge in [-0.3, -0.25) is 4.79 Å². The second kappa shape index (κ2) is 6.85. The molecule has 0 aliphatic rings. The lowest BCUT2D eigenvalue weighted by molar-refractivity contribution is 0.103. The molecule has 0 amide bonds. The molecule has 2 aromatic carbocycles. The Morgan fingerprint density at radius 3 is 2.05 bits per heavy atom. The SMILES string of the molecule is CCCOc1ccc(C(=O)c2ccc(OC)cc2O)c(O)c1. The molecule has 0 heterocycles. The second-order valence-electron chi connectivity index (χ2n) is 4.74. The minimum Gasteiger partial charge on any atom is -0.507 e. The standard InChI is InChI=1S/C17H18O5/c1-3-8-22-12-5-7-14(16(19)10-12)17(20)13-6-4-11(21-2)9-15(13)18/h4-7,9-10,18-19H,3,8H2,1-2H3. The Kier molecular flexibility index (Phi) is 4.88. The van der Waals surface area contributed by atoms with Gasteiger partial charge in [0, 0.05) is 12.1 Å². The Morgan fingerprint density at radius 1 is 1.00 bits per heavy atom. The first-order chi connectivity index (χ1) is 10.6. The van der Waals surface area contributed by atoms with Gasteiger partial charge in [-0.15, -0.1) is 0 Å². The highest BCUT2D eigenvalue weighted by molar-refractivity contribution is 6.12. The number of carbonyl (C=O) groups excluding carboxylic acids is 1. The summed E-state index contributed by atoms with van der Waals surface area (Å²) >= 11 is 0. The Morgan fingerprint density at radius 2 is 1.55 bits per heavy atom. The molecule has 2 N–H and O–H groups in total. The van der Waals surface area contributed by atoms with Crippen molar-refractivity contribution in [1.29, 1.82) is 0 Å². The van der Waals surface area contributed by atoms with Crippen molar-refractivity contribution in [2.75, 3.05) is 13.7 Å². The van der Waals surface area contributed by atoms with Crippen molar-refractivity contribution in [2.24, 2.45) is 0 Å². The number of hydrogen-bond acceptors (Lipinski definition) is 5. The van der Waals surface area contributed by atoms with Gasteiger partial charge in [-0.2, -0.15) is 0 Å². The van der Waals surface area contributed by atoms with Crippen LogP contribution in [0.1, 0.15) is 29.3 Å². The molecule has 22 heavy (non-hydrogen) atoms. The maximum absolute atomic E-state index is 12.4. The molecule has 116 valence electrons. The molecule has 0 saturated carbocycles. The summed E-state index contributed by atoms with van der Waals surface area (Å²) in [6.07, 6.45) is 0.848. The highest BCUT2D eigenvalue weighted by Gasteiger charge is 2.18. The summed E-state index contributed by atoms with van der Waals surface area (Å²) in [6, 6.07) is 8.86. The van der Waals surface area contributed by atoms with E-state index < -0.39 is 5.78 Å². The van der Waals surface area contributed by atoms with Crippen molar-refractivity contribution < 1.29 is 24.5 Å². The molecule has 0 spiro atoms. The van der Waals surface area contributed by atoms with Crippen LogP contribution in [0, 0.1) is 0 Å². The van der Waals surface area contributed by atoms with Crippen molar-refractivity contribution in [3.8, 4) is 23.0 Å². The molecular weight excluding hydrogens is 284 g/mol. The van der Waals surface area contributed by atoms with Gasteiger partial charge in [0.2, 0.25) is 0 Å². The average Bonchev–Trinajstić information content (AvgIpc) is 2.52. The van der Waals surface area contributed by atoms with Gasteiger partial charge in [0.15, 0.2) is 5.78 Å². The number of hydrogen-bond donors (Lipinski definition) is 2. The summed E-state index contributed by atoms with van der Waals surface area (Å²) < 4.78 is 10.4. The van der Waals surface area contributed by atoms with Crippen LogP contribution in [-0.2, 0) is 0 Å². The van der Waals surface area contributed by atoms with Crippen LogP contribution < -0.4 is 9.47 Å². The minimum absolute atomic E-state index is 0.0957. The summed E-state index contributed by atoms with van der Waals surface area (Å²) in [6.45, 7) is 2.51. The van der Waals surface area contributed by atoms with E-state index in [9.17, 15) is 15.0 Å². The summed E-state index contributed by atoms with van der Waals surface area (Å²) in [5.41, 5.74) is 0.197.